The topological polar surface area (TPSA) is 69.6 Å². The Kier molecular flexibility index (Phi) is 5.75. The van der Waals surface area contributed by atoms with E-state index in [2.05, 4.69) is 5.32 Å². The second-order valence-corrected chi connectivity index (χ2v) is 6.65. The fraction of sp³-hybridized carbons (Fsp3) is 0.130. The number of carboxylic acids is 1. The highest BCUT2D eigenvalue weighted by Crippen LogP contribution is 2.28. The number of hydrogen-bond acceptors (Lipinski definition) is 3. The zero-order chi connectivity index (χ0) is 20.1. The van der Waals surface area contributed by atoms with Crippen LogP contribution in [0.25, 0.3) is 0 Å². The molecular weight excluding hydrogens is 352 g/mol. The molecule has 0 saturated carbocycles. The second-order valence-electron chi connectivity index (χ2n) is 6.65. The van der Waals surface area contributed by atoms with Gasteiger partial charge < -0.3 is 15.3 Å². The minimum absolute atomic E-state index is 0.122. The van der Waals surface area contributed by atoms with Crippen molar-refractivity contribution in [3.63, 3.8) is 0 Å². The molecule has 5 nitrogen and oxygen atoms in total. The number of aromatic carboxylic acids is 1. The molecule has 0 heterocycles. The molecule has 0 bridgehead atoms. The Labute approximate surface area is 164 Å². The van der Waals surface area contributed by atoms with E-state index in [1.807, 2.05) is 61.3 Å². The lowest BCUT2D eigenvalue weighted by Crippen LogP contribution is -2.21. The van der Waals surface area contributed by atoms with E-state index in [0.717, 1.165) is 16.8 Å². The largest absolute Gasteiger partial charge is 0.478 e. The number of benzene rings is 3. The Hall–Kier alpha value is -3.60. The van der Waals surface area contributed by atoms with Crippen molar-refractivity contribution in [2.24, 2.45) is 0 Å². The smallest absolute Gasteiger partial charge is 0.335 e. The lowest BCUT2D eigenvalue weighted by Gasteiger charge is -2.23. The molecule has 0 unspecified atom stereocenters. The predicted octanol–water partition coefficient (Wildman–Crippen LogP) is 4.58. The van der Waals surface area contributed by atoms with Gasteiger partial charge in [-0.05, 0) is 42.3 Å². The number of carboxylic acid groups (broad SMARTS) is 1. The molecule has 3 rings (SSSR count). The molecule has 1 amide bonds. The van der Waals surface area contributed by atoms with Crippen LogP contribution < -0.4 is 10.2 Å². The van der Waals surface area contributed by atoms with Crippen LogP contribution in [0, 0.1) is 6.92 Å². The van der Waals surface area contributed by atoms with Gasteiger partial charge in [0.05, 0.1) is 16.9 Å². The molecule has 0 aliphatic heterocycles. The van der Waals surface area contributed by atoms with Crippen LogP contribution in [0.5, 0.6) is 0 Å². The van der Waals surface area contributed by atoms with Crippen molar-refractivity contribution >= 4 is 23.3 Å². The molecule has 28 heavy (non-hydrogen) atoms. The SMILES string of the molecule is Cc1ccccc1C(=O)Nc1cc(C(=O)O)ccc1N(C)Cc1ccccc1. The van der Waals surface area contributed by atoms with Crippen molar-refractivity contribution in [3.8, 4) is 0 Å². The van der Waals surface area contributed by atoms with E-state index < -0.39 is 5.97 Å². The Balaban J connectivity index is 1.93. The van der Waals surface area contributed by atoms with Crippen LogP contribution in [0.15, 0.2) is 72.8 Å². The van der Waals surface area contributed by atoms with Crippen molar-refractivity contribution in [1.82, 2.24) is 0 Å². The van der Waals surface area contributed by atoms with E-state index in [-0.39, 0.29) is 11.5 Å². The summed E-state index contributed by atoms with van der Waals surface area (Å²) in [6, 6.07) is 22.0. The second kappa shape index (κ2) is 8.39. The van der Waals surface area contributed by atoms with Crippen LogP contribution in [0.1, 0.15) is 31.8 Å². The third-order valence-electron chi connectivity index (χ3n) is 4.56. The molecule has 0 aromatic heterocycles. The Morgan fingerprint density at radius 1 is 0.964 bits per heavy atom. The van der Waals surface area contributed by atoms with E-state index in [9.17, 15) is 14.7 Å². The summed E-state index contributed by atoms with van der Waals surface area (Å²) in [5.74, 6) is -1.31. The van der Waals surface area contributed by atoms with Crippen molar-refractivity contribution in [3.05, 3.63) is 95.1 Å². The average Bonchev–Trinajstić information content (AvgIpc) is 2.68. The Bertz CT molecular complexity index is 1000. The fourth-order valence-electron chi connectivity index (χ4n) is 3.06. The molecule has 0 radical (unpaired) electrons. The number of nitrogens with one attached hydrogen (secondary N) is 1. The maximum atomic E-state index is 12.8. The van der Waals surface area contributed by atoms with E-state index in [1.165, 1.54) is 6.07 Å². The third kappa shape index (κ3) is 4.38. The van der Waals surface area contributed by atoms with Gasteiger partial charge in [-0.15, -0.1) is 0 Å². The van der Waals surface area contributed by atoms with Crippen molar-refractivity contribution < 1.29 is 14.7 Å². The van der Waals surface area contributed by atoms with Crippen LogP contribution >= 0.6 is 0 Å². The van der Waals surface area contributed by atoms with Gasteiger partial charge in [-0.25, -0.2) is 4.79 Å². The number of rotatable bonds is 6. The van der Waals surface area contributed by atoms with Crippen LogP contribution in [0.2, 0.25) is 0 Å². The number of hydrogen-bond donors (Lipinski definition) is 2. The van der Waals surface area contributed by atoms with Gasteiger partial charge >= 0.3 is 5.97 Å². The van der Waals surface area contributed by atoms with Crippen LogP contribution in [0.3, 0.4) is 0 Å². The van der Waals surface area contributed by atoms with Crippen LogP contribution in [0.4, 0.5) is 11.4 Å². The Morgan fingerprint density at radius 2 is 1.64 bits per heavy atom. The summed E-state index contributed by atoms with van der Waals surface area (Å²) in [7, 11) is 1.91. The standard InChI is InChI=1S/C23H22N2O3/c1-16-8-6-7-11-19(16)22(26)24-20-14-18(23(27)28)12-13-21(20)25(2)15-17-9-4-3-5-10-17/h3-14H,15H2,1-2H3,(H,24,26)(H,27,28). The summed E-state index contributed by atoms with van der Waals surface area (Å²) in [6.07, 6.45) is 0. The maximum absolute atomic E-state index is 12.8. The molecule has 0 fully saturated rings. The minimum Gasteiger partial charge on any atom is -0.478 e. The molecule has 0 aliphatic carbocycles. The zero-order valence-electron chi connectivity index (χ0n) is 15.8. The van der Waals surface area contributed by atoms with Gasteiger partial charge in [0, 0.05) is 19.2 Å². The van der Waals surface area contributed by atoms with Gasteiger partial charge in [0.15, 0.2) is 0 Å². The summed E-state index contributed by atoms with van der Waals surface area (Å²) in [5, 5.41) is 12.2. The van der Waals surface area contributed by atoms with E-state index in [4.69, 9.17) is 0 Å². The first kappa shape index (κ1) is 19.2. The Morgan fingerprint density at radius 3 is 2.32 bits per heavy atom. The molecular formula is C23H22N2O3. The van der Waals surface area contributed by atoms with Gasteiger partial charge in [-0.3, -0.25) is 4.79 Å². The average molecular weight is 374 g/mol. The normalized spacial score (nSPS) is 10.4. The van der Waals surface area contributed by atoms with E-state index >= 15 is 0 Å². The summed E-state index contributed by atoms with van der Waals surface area (Å²) >= 11 is 0. The van der Waals surface area contributed by atoms with Crippen LogP contribution in [-0.4, -0.2) is 24.0 Å². The molecule has 0 spiro atoms. The highest BCUT2D eigenvalue weighted by molar-refractivity contribution is 6.07. The molecule has 142 valence electrons. The van der Waals surface area contributed by atoms with Gasteiger partial charge in [0.2, 0.25) is 0 Å². The zero-order valence-corrected chi connectivity index (χ0v) is 15.8. The number of nitrogens with zero attached hydrogens (tertiary/aromatic N) is 1. The van der Waals surface area contributed by atoms with Crippen molar-refractivity contribution in [2.75, 3.05) is 17.3 Å². The van der Waals surface area contributed by atoms with Gasteiger partial charge in [0.1, 0.15) is 0 Å². The number of amides is 1. The molecule has 3 aromatic rings. The minimum atomic E-state index is -1.04. The maximum Gasteiger partial charge on any atom is 0.335 e. The number of aryl methyl sites for hydroxylation is 1. The molecule has 0 aliphatic rings. The van der Waals surface area contributed by atoms with Crippen LogP contribution in [-0.2, 0) is 6.54 Å². The van der Waals surface area contributed by atoms with Crippen molar-refractivity contribution in [2.45, 2.75) is 13.5 Å². The molecule has 2 N–H and O–H groups in total. The van der Waals surface area contributed by atoms with E-state index in [0.29, 0.717) is 17.8 Å². The molecule has 0 saturated heterocycles. The molecule has 5 heteroatoms. The number of anilines is 2. The fourth-order valence-corrected chi connectivity index (χ4v) is 3.06. The highest BCUT2D eigenvalue weighted by Gasteiger charge is 2.16. The van der Waals surface area contributed by atoms with Crippen molar-refractivity contribution in [1.29, 1.82) is 0 Å². The van der Waals surface area contributed by atoms with E-state index in [1.54, 1.807) is 24.3 Å². The van der Waals surface area contributed by atoms with Gasteiger partial charge in [-0.2, -0.15) is 0 Å². The first-order valence-electron chi connectivity index (χ1n) is 8.95. The lowest BCUT2D eigenvalue weighted by molar-refractivity contribution is 0.0696. The number of carbonyl (C=O) groups is 2. The van der Waals surface area contributed by atoms with Gasteiger partial charge in [-0.1, -0.05) is 48.5 Å². The summed E-state index contributed by atoms with van der Waals surface area (Å²) in [4.78, 5) is 26.2. The molecule has 3 aromatic carbocycles. The summed E-state index contributed by atoms with van der Waals surface area (Å²) in [6.45, 7) is 2.49. The quantitative estimate of drug-likeness (QED) is 0.662. The summed E-state index contributed by atoms with van der Waals surface area (Å²) < 4.78 is 0. The molecule has 0 atom stereocenters. The first-order valence-corrected chi connectivity index (χ1v) is 8.95. The van der Waals surface area contributed by atoms with Gasteiger partial charge in [0.25, 0.3) is 5.91 Å². The lowest BCUT2D eigenvalue weighted by atomic mass is 10.1. The summed E-state index contributed by atoms with van der Waals surface area (Å²) in [5.41, 5.74) is 3.86. The first-order chi connectivity index (χ1) is 13.5. The predicted molar refractivity (Wildman–Crippen MR) is 111 cm³/mol. The monoisotopic (exact) mass is 374 g/mol. The third-order valence-corrected chi connectivity index (χ3v) is 4.56. The number of carbonyl (C=O) groups excluding carboxylic acids is 1. The highest BCUT2D eigenvalue weighted by atomic mass is 16.4.